The minimum Gasteiger partial charge on any atom is -0.479 e. The van der Waals surface area contributed by atoms with Gasteiger partial charge in [-0.3, -0.25) is 0 Å². The van der Waals surface area contributed by atoms with Gasteiger partial charge in [-0.25, -0.2) is 4.79 Å². The molecule has 18 heavy (non-hydrogen) atoms. The van der Waals surface area contributed by atoms with Crippen LogP contribution in [0.15, 0.2) is 30.3 Å². The molecular formula is C15H22O3. The first kappa shape index (κ1) is 14.7. The van der Waals surface area contributed by atoms with Crippen LogP contribution in [0.1, 0.15) is 51.0 Å². The molecule has 100 valence electrons. The summed E-state index contributed by atoms with van der Waals surface area (Å²) >= 11 is 0. The second-order valence-corrected chi connectivity index (χ2v) is 4.73. The second-order valence-electron chi connectivity index (χ2n) is 4.73. The Morgan fingerprint density at radius 3 is 2.28 bits per heavy atom. The van der Waals surface area contributed by atoms with E-state index in [0.29, 0.717) is 12.8 Å². The molecule has 0 amide bonds. The molecule has 1 aromatic carbocycles. The summed E-state index contributed by atoms with van der Waals surface area (Å²) in [6, 6.07) is 9.44. The lowest BCUT2D eigenvalue weighted by atomic mass is 9.76. The van der Waals surface area contributed by atoms with E-state index >= 15 is 0 Å². The Bertz CT molecular complexity index is 375. The number of hydrogen-bond acceptors (Lipinski definition) is 2. The van der Waals surface area contributed by atoms with Crippen LogP contribution in [0.2, 0.25) is 0 Å². The van der Waals surface area contributed by atoms with Gasteiger partial charge >= 0.3 is 5.97 Å². The normalized spacial score (nSPS) is 15.9. The smallest absolute Gasteiger partial charge is 0.336 e. The Balaban J connectivity index is 3.13. The molecule has 0 aliphatic heterocycles. The van der Waals surface area contributed by atoms with Crippen molar-refractivity contribution in [3.63, 3.8) is 0 Å². The highest BCUT2D eigenvalue weighted by atomic mass is 16.4. The summed E-state index contributed by atoms with van der Waals surface area (Å²) in [6.07, 6.45) is 2.45. The third-order valence-corrected chi connectivity index (χ3v) is 3.36. The van der Waals surface area contributed by atoms with Crippen LogP contribution < -0.4 is 0 Å². The largest absolute Gasteiger partial charge is 0.479 e. The maximum absolute atomic E-state index is 11.5. The van der Waals surface area contributed by atoms with Gasteiger partial charge in [-0.2, -0.15) is 0 Å². The Morgan fingerprint density at radius 1 is 1.22 bits per heavy atom. The van der Waals surface area contributed by atoms with Crippen LogP contribution in [0.3, 0.4) is 0 Å². The molecule has 2 unspecified atom stereocenters. The van der Waals surface area contributed by atoms with E-state index in [1.807, 2.05) is 44.2 Å². The van der Waals surface area contributed by atoms with Crippen molar-refractivity contribution in [2.75, 3.05) is 0 Å². The Labute approximate surface area is 108 Å². The van der Waals surface area contributed by atoms with Gasteiger partial charge in [0.25, 0.3) is 0 Å². The number of carboxylic acids is 1. The molecule has 0 aliphatic carbocycles. The number of rotatable bonds is 7. The number of benzene rings is 1. The lowest BCUT2D eigenvalue weighted by Gasteiger charge is -2.32. The van der Waals surface area contributed by atoms with E-state index in [-0.39, 0.29) is 12.3 Å². The van der Waals surface area contributed by atoms with Crippen molar-refractivity contribution in [1.29, 1.82) is 0 Å². The molecule has 0 fully saturated rings. The van der Waals surface area contributed by atoms with Crippen LogP contribution in [0.5, 0.6) is 0 Å². The summed E-state index contributed by atoms with van der Waals surface area (Å²) < 4.78 is 0. The molecule has 3 heteroatoms. The van der Waals surface area contributed by atoms with Gasteiger partial charge in [0.15, 0.2) is 5.60 Å². The molecule has 2 N–H and O–H groups in total. The predicted octanol–water partition coefficient (Wildman–Crippen LogP) is 3.19. The molecule has 2 atom stereocenters. The van der Waals surface area contributed by atoms with Gasteiger partial charge < -0.3 is 10.2 Å². The molecule has 3 nitrogen and oxygen atoms in total. The molecule has 0 bridgehead atoms. The number of aliphatic hydroxyl groups is 1. The zero-order chi connectivity index (χ0) is 13.6. The highest BCUT2D eigenvalue weighted by Gasteiger charge is 2.43. The first-order valence-corrected chi connectivity index (χ1v) is 6.57. The van der Waals surface area contributed by atoms with E-state index in [4.69, 9.17) is 0 Å². The van der Waals surface area contributed by atoms with E-state index in [9.17, 15) is 15.0 Å². The predicted molar refractivity (Wildman–Crippen MR) is 71.6 cm³/mol. The monoisotopic (exact) mass is 250 g/mol. The summed E-state index contributed by atoms with van der Waals surface area (Å²) in [7, 11) is 0. The number of carboxylic acid groups (broad SMARTS) is 1. The van der Waals surface area contributed by atoms with Crippen molar-refractivity contribution < 1.29 is 15.0 Å². The van der Waals surface area contributed by atoms with Crippen molar-refractivity contribution in [3.8, 4) is 0 Å². The van der Waals surface area contributed by atoms with E-state index in [0.717, 1.165) is 12.0 Å². The molecule has 0 aliphatic rings. The average Bonchev–Trinajstić information content (AvgIpc) is 2.37. The SMILES string of the molecule is CCCC(c1ccccc1)C(O)(CCC)C(=O)O. The average molecular weight is 250 g/mol. The Kier molecular flexibility index (Phi) is 5.35. The van der Waals surface area contributed by atoms with Gasteiger partial charge in [-0.15, -0.1) is 0 Å². The lowest BCUT2D eigenvalue weighted by molar-refractivity contribution is -0.162. The number of carbonyl (C=O) groups is 1. The molecule has 1 rings (SSSR count). The summed E-state index contributed by atoms with van der Waals surface area (Å²) in [5.41, 5.74) is -0.760. The van der Waals surface area contributed by atoms with Gasteiger partial charge in [0.2, 0.25) is 0 Å². The molecule has 0 heterocycles. The van der Waals surface area contributed by atoms with Crippen LogP contribution >= 0.6 is 0 Å². The standard InChI is InChI=1S/C15H22O3/c1-3-8-13(12-9-6-5-7-10-12)15(18,11-4-2)14(16)17/h5-7,9-10,13,18H,3-4,8,11H2,1-2H3,(H,16,17). The van der Waals surface area contributed by atoms with Crippen LogP contribution in [0.25, 0.3) is 0 Å². The van der Waals surface area contributed by atoms with Crippen molar-refractivity contribution in [3.05, 3.63) is 35.9 Å². The van der Waals surface area contributed by atoms with Crippen molar-refractivity contribution in [2.24, 2.45) is 0 Å². The minimum absolute atomic E-state index is 0.280. The fraction of sp³-hybridized carbons (Fsp3) is 0.533. The third-order valence-electron chi connectivity index (χ3n) is 3.36. The van der Waals surface area contributed by atoms with E-state index in [1.54, 1.807) is 0 Å². The molecule has 0 saturated heterocycles. The topological polar surface area (TPSA) is 57.5 Å². The molecule has 0 spiro atoms. The van der Waals surface area contributed by atoms with E-state index < -0.39 is 11.6 Å². The number of aliphatic carboxylic acids is 1. The van der Waals surface area contributed by atoms with Gasteiger partial charge in [0.1, 0.15) is 0 Å². The first-order valence-electron chi connectivity index (χ1n) is 6.57. The minimum atomic E-state index is -1.66. The summed E-state index contributed by atoms with van der Waals surface area (Å²) in [4.78, 5) is 11.5. The molecule has 0 radical (unpaired) electrons. The summed E-state index contributed by atoms with van der Waals surface area (Å²) in [6.45, 7) is 3.89. The fourth-order valence-electron chi connectivity index (χ4n) is 2.47. The van der Waals surface area contributed by atoms with Crippen molar-refractivity contribution in [2.45, 2.75) is 51.0 Å². The number of hydrogen-bond donors (Lipinski definition) is 2. The van der Waals surface area contributed by atoms with Crippen LogP contribution in [-0.4, -0.2) is 21.8 Å². The van der Waals surface area contributed by atoms with Crippen molar-refractivity contribution >= 4 is 5.97 Å². The zero-order valence-corrected chi connectivity index (χ0v) is 11.1. The zero-order valence-electron chi connectivity index (χ0n) is 11.1. The van der Waals surface area contributed by atoms with Crippen LogP contribution in [0.4, 0.5) is 0 Å². The highest BCUT2D eigenvalue weighted by Crippen LogP contribution is 2.36. The van der Waals surface area contributed by atoms with Crippen LogP contribution in [0, 0.1) is 0 Å². The fourth-order valence-corrected chi connectivity index (χ4v) is 2.47. The van der Waals surface area contributed by atoms with Crippen molar-refractivity contribution in [1.82, 2.24) is 0 Å². The second kappa shape index (κ2) is 6.55. The maximum Gasteiger partial charge on any atom is 0.336 e. The van der Waals surface area contributed by atoms with Gasteiger partial charge in [-0.05, 0) is 18.4 Å². The van der Waals surface area contributed by atoms with Gasteiger partial charge in [-0.1, -0.05) is 57.0 Å². The van der Waals surface area contributed by atoms with Gasteiger partial charge in [0, 0.05) is 5.92 Å². The molecule has 0 aromatic heterocycles. The first-order chi connectivity index (χ1) is 8.56. The third kappa shape index (κ3) is 3.10. The molecule has 0 saturated carbocycles. The molecule has 1 aromatic rings. The Hall–Kier alpha value is -1.35. The lowest BCUT2D eigenvalue weighted by Crippen LogP contribution is -2.44. The van der Waals surface area contributed by atoms with Crippen LogP contribution in [-0.2, 0) is 4.79 Å². The summed E-state index contributed by atoms with van der Waals surface area (Å²) in [5.74, 6) is -1.46. The Morgan fingerprint density at radius 2 is 1.83 bits per heavy atom. The van der Waals surface area contributed by atoms with E-state index in [2.05, 4.69) is 0 Å². The van der Waals surface area contributed by atoms with Gasteiger partial charge in [0.05, 0.1) is 0 Å². The quantitative estimate of drug-likeness (QED) is 0.781. The highest BCUT2D eigenvalue weighted by molar-refractivity contribution is 5.78. The van der Waals surface area contributed by atoms with E-state index in [1.165, 1.54) is 0 Å². The summed E-state index contributed by atoms with van der Waals surface area (Å²) in [5, 5.41) is 19.9. The maximum atomic E-state index is 11.5. The molecular weight excluding hydrogens is 228 g/mol.